The van der Waals surface area contributed by atoms with E-state index < -0.39 is 11.4 Å². The van der Waals surface area contributed by atoms with E-state index in [1.54, 1.807) is 6.92 Å². The molecule has 2 aromatic rings. The molecular weight excluding hydrogens is 228 g/mol. The first-order valence-electron chi connectivity index (χ1n) is 6.09. The predicted octanol–water partition coefficient (Wildman–Crippen LogP) is 2.62. The smallest absolute Gasteiger partial charge is 0.310 e. The number of hydrogen-bond donors (Lipinski definition) is 1. The summed E-state index contributed by atoms with van der Waals surface area (Å²) in [6, 6.07) is 5.76. The van der Waals surface area contributed by atoms with Gasteiger partial charge in [-0.3, -0.25) is 4.79 Å². The molecule has 18 heavy (non-hydrogen) atoms. The Labute approximate surface area is 106 Å². The molecule has 1 atom stereocenters. The highest BCUT2D eigenvalue weighted by atomic mass is 16.4. The Kier molecular flexibility index (Phi) is 3.11. The molecule has 2 heterocycles. The molecule has 2 rings (SSSR count). The Morgan fingerprint density at radius 2 is 2.22 bits per heavy atom. The number of imidazole rings is 1. The second kappa shape index (κ2) is 4.44. The molecule has 0 amide bonds. The van der Waals surface area contributed by atoms with Crippen molar-refractivity contribution in [1.29, 1.82) is 0 Å². The number of carboxylic acids is 1. The highest BCUT2D eigenvalue weighted by Crippen LogP contribution is 2.31. The third-order valence-corrected chi connectivity index (χ3v) is 3.73. The molecular formula is C14H18N2O2. The van der Waals surface area contributed by atoms with Crippen molar-refractivity contribution < 1.29 is 9.90 Å². The molecule has 0 saturated carbocycles. The van der Waals surface area contributed by atoms with Gasteiger partial charge in [0.15, 0.2) is 0 Å². The van der Waals surface area contributed by atoms with Crippen molar-refractivity contribution >= 4 is 11.6 Å². The second-order valence-electron chi connectivity index (χ2n) is 5.25. The lowest BCUT2D eigenvalue weighted by molar-refractivity contribution is -0.150. The number of pyridine rings is 1. The van der Waals surface area contributed by atoms with Gasteiger partial charge in [-0.15, -0.1) is 0 Å². The summed E-state index contributed by atoms with van der Waals surface area (Å²) < 4.78 is 1.91. The van der Waals surface area contributed by atoms with E-state index in [4.69, 9.17) is 0 Å². The molecule has 0 aliphatic heterocycles. The Hall–Kier alpha value is -1.84. The molecule has 0 spiro atoms. The largest absolute Gasteiger partial charge is 0.481 e. The van der Waals surface area contributed by atoms with E-state index in [1.807, 2.05) is 48.8 Å². The van der Waals surface area contributed by atoms with Crippen LogP contribution < -0.4 is 0 Å². The van der Waals surface area contributed by atoms with Gasteiger partial charge < -0.3 is 9.51 Å². The van der Waals surface area contributed by atoms with E-state index in [0.717, 1.165) is 11.3 Å². The molecule has 0 bridgehead atoms. The minimum atomic E-state index is -0.780. The molecule has 0 saturated heterocycles. The Morgan fingerprint density at radius 3 is 2.78 bits per heavy atom. The molecule has 96 valence electrons. The van der Waals surface area contributed by atoms with Gasteiger partial charge in [0, 0.05) is 18.8 Å². The zero-order valence-corrected chi connectivity index (χ0v) is 10.9. The number of carboxylic acid groups (broad SMARTS) is 1. The molecule has 2 aromatic heterocycles. The quantitative estimate of drug-likeness (QED) is 0.902. The maximum absolute atomic E-state index is 11.4. The summed E-state index contributed by atoms with van der Waals surface area (Å²) in [6.45, 7) is 5.65. The van der Waals surface area contributed by atoms with Crippen LogP contribution in [0.2, 0.25) is 0 Å². The molecule has 0 fully saturated rings. The van der Waals surface area contributed by atoms with Crippen LogP contribution in [0.3, 0.4) is 0 Å². The fourth-order valence-corrected chi connectivity index (χ4v) is 1.98. The molecule has 0 aliphatic carbocycles. The zero-order valence-electron chi connectivity index (χ0n) is 10.9. The maximum atomic E-state index is 11.4. The van der Waals surface area contributed by atoms with Crippen LogP contribution in [0.5, 0.6) is 0 Å². The Bertz CT molecular complexity index is 541. The zero-order chi connectivity index (χ0) is 13.3. The van der Waals surface area contributed by atoms with Crippen molar-refractivity contribution in [2.75, 3.05) is 0 Å². The van der Waals surface area contributed by atoms with Crippen molar-refractivity contribution in [3.63, 3.8) is 0 Å². The normalized spacial score (nSPS) is 14.9. The summed E-state index contributed by atoms with van der Waals surface area (Å²) in [7, 11) is 0. The number of fused-ring (bicyclic) bond motifs is 1. The lowest BCUT2D eigenvalue weighted by Crippen LogP contribution is -2.35. The van der Waals surface area contributed by atoms with Crippen LogP contribution >= 0.6 is 0 Å². The monoisotopic (exact) mass is 246 g/mol. The number of rotatable bonds is 4. The fourth-order valence-electron chi connectivity index (χ4n) is 1.98. The first-order chi connectivity index (χ1) is 8.43. The van der Waals surface area contributed by atoms with E-state index in [9.17, 15) is 9.90 Å². The molecule has 1 N–H and O–H groups in total. The van der Waals surface area contributed by atoms with Gasteiger partial charge in [-0.25, -0.2) is 4.98 Å². The predicted molar refractivity (Wildman–Crippen MR) is 69.5 cm³/mol. The van der Waals surface area contributed by atoms with Gasteiger partial charge in [0.2, 0.25) is 0 Å². The molecule has 4 nitrogen and oxygen atoms in total. The first-order valence-corrected chi connectivity index (χ1v) is 6.09. The van der Waals surface area contributed by atoms with Gasteiger partial charge >= 0.3 is 5.97 Å². The van der Waals surface area contributed by atoms with Crippen LogP contribution in [0.1, 0.15) is 26.5 Å². The van der Waals surface area contributed by atoms with Gasteiger partial charge in [-0.05, 0) is 25.0 Å². The van der Waals surface area contributed by atoms with E-state index >= 15 is 0 Å². The lowest BCUT2D eigenvalue weighted by Gasteiger charge is -2.28. The average Bonchev–Trinajstić information content (AvgIpc) is 2.70. The van der Waals surface area contributed by atoms with E-state index in [-0.39, 0.29) is 5.92 Å². The summed E-state index contributed by atoms with van der Waals surface area (Å²) in [5.74, 6) is -0.714. The van der Waals surface area contributed by atoms with Crippen LogP contribution in [0.4, 0.5) is 0 Å². The van der Waals surface area contributed by atoms with Gasteiger partial charge in [0.25, 0.3) is 0 Å². The van der Waals surface area contributed by atoms with E-state index in [0.29, 0.717) is 6.42 Å². The number of carbonyl (C=O) groups is 1. The van der Waals surface area contributed by atoms with Crippen LogP contribution in [-0.4, -0.2) is 20.5 Å². The number of aromatic nitrogens is 2. The van der Waals surface area contributed by atoms with Crippen LogP contribution in [0.15, 0.2) is 30.6 Å². The summed E-state index contributed by atoms with van der Waals surface area (Å²) >= 11 is 0. The first kappa shape index (κ1) is 12.6. The summed E-state index contributed by atoms with van der Waals surface area (Å²) in [6.07, 6.45) is 4.26. The summed E-state index contributed by atoms with van der Waals surface area (Å²) in [5.41, 5.74) is 0.890. The summed E-state index contributed by atoms with van der Waals surface area (Å²) in [5, 5.41) is 9.40. The van der Waals surface area contributed by atoms with Crippen molar-refractivity contribution in [2.24, 2.45) is 11.3 Å². The maximum Gasteiger partial charge on any atom is 0.310 e. The highest BCUT2D eigenvalue weighted by molar-refractivity contribution is 5.74. The number of aliphatic carboxylic acids is 1. The Balaban J connectivity index is 2.35. The molecule has 1 unspecified atom stereocenters. The van der Waals surface area contributed by atoms with Gasteiger partial charge in [0.05, 0.1) is 11.1 Å². The fraction of sp³-hybridized carbons (Fsp3) is 0.429. The topological polar surface area (TPSA) is 54.6 Å². The lowest BCUT2D eigenvalue weighted by atomic mass is 9.75. The molecule has 0 aliphatic rings. The average molecular weight is 246 g/mol. The third kappa shape index (κ3) is 2.10. The van der Waals surface area contributed by atoms with Crippen molar-refractivity contribution in [3.8, 4) is 0 Å². The Morgan fingerprint density at radius 1 is 1.50 bits per heavy atom. The second-order valence-corrected chi connectivity index (χ2v) is 5.25. The number of hydrogen-bond acceptors (Lipinski definition) is 2. The van der Waals surface area contributed by atoms with Crippen molar-refractivity contribution in [3.05, 3.63) is 36.3 Å². The van der Waals surface area contributed by atoms with Gasteiger partial charge in [-0.1, -0.05) is 19.9 Å². The van der Waals surface area contributed by atoms with Crippen LogP contribution in [0.25, 0.3) is 5.65 Å². The van der Waals surface area contributed by atoms with Gasteiger partial charge in [0.1, 0.15) is 5.65 Å². The standard InChI is InChI=1S/C14H18N2O2/c1-10(2)14(3,13(17)18)8-11-9-16-7-5-4-6-12(16)15-11/h4-7,9-10H,8H2,1-3H3,(H,17,18). The molecule has 4 heteroatoms. The molecule has 0 aromatic carbocycles. The van der Waals surface area contributed by atoms with E-state index in [2.05, 4.69) is 4.98 Å². The highest BCUT2D eigenvalue weighted by Gasteiger charge is 2.37. The van der Waals surface area contributed by atoms with E-state index in [1.165, 1.54) is 0 Å². The minimum Gasteiger partial charge on any atom is -0.481 e. The summed E-state index contributed by atoms with van der Waals surface area (Å²) in [4.78, 5) is 15.9. The van der Waals surface area contributed by atoms with Crippen LogP contribution in [0, 0.1) is 11.3 Å². The third-order valence-electron chi connectivity index (χ3n) is 3.73. The van der Waals surface area contributed by atoms with Gasteiger partial charge in [-0.2, -0.15) is 0 Å². The van der Waals surface area contributed by atoms with Crippen molar-refractivity contribution in [2.45, 2.75) is 27.2 Å². The number of nitrogens with zero attached hydrogens (tertiary/aromatic N) is 2. The van der Waals surface area contributed by atoms with Crippen LogP contribution in [-0.2, 0) is 11.2 Å². The van der Waals surface area contributed by atoms with Crippen molar-refractivity contribution in [1.82, 2.24) is 9.38 Å². The minimum absolute atomic E-state index is 0.0554. The molecule has 0 radical (unpaired) electrons. The SMILES string of the molecule is CC(C)C(C)(Cc1cn2ccccc2n1)C(=O)O.